The first-order chi connectivity index (χ1) is 8.28. The average Bonchev–Trinajstić information content (AvgIpc) is 2.21. The van der Waals surface area contributed by atoms with Gasteiger partial charge >= 0.3 is 0 Å². The Bertz CT molecular complexity index is 227. The number of hydrogen-bond donors (Lipinski definition) is 1. The van der Waals surface area contributed by atoms with Gasteiger partial charge in [-0.3, -0.25) is 4.90 Å². The van der Waals surface area contributed by atoms with Crippen molar-refractivity contribution in [1.29, 1.82) is 0 Å². The molecule has 0 aromatic heterocycles. The lowest BCUT2D eigenvalue weighted by atomic mass is 10.1. The van der Waals surface area contributed by atoms with Crippen molar-refractivity contribution >= 4 is 0 Å². The van der Waals surface area contributed by atoms with E-state index in [0.717, 1.165) is 19.6 Å². The van der Waals surface area contributed by atoms with Crippen LogP contribution in [0.5, 0.6) is 0 Å². The minimum Gasteiger partial charge on any atom is -0.373 e. The summed E-state index contributed by atoms with van der Waals surface area (Å²) in [6.45, 7) is 16.7. The highest BCUT2D eigenvalue weighted by Gasteiger charge is 2.25. The molecule has 18 heavy (non-hydrogen) atoms. The zero-order chi connectivity index (χ0) is 13.8. The number of morpholine rings is 1. The second-order valence-corrected chi connectivity index (χ2v) is 6.88. The standard InChI is InChI=1S/C15H32N2O/c1-12(8-7-9-16-15(4,5)6)17-10-13(2)18-14(3)11-17/h12-14,16H,7-11H2,1-6H3. The van der Waals surface area contributed by atoms with Crippen LogP contribution in [0.1, 0.15) is 54.4 Å². The molecular formula is C15H32N2O. The number of rotatable bonds is 5. The van der Waals surface area contributed by atoms with Gasteiger partial charge in [0.2, 0.25) is 0 Å². The SMILES string of the molecule is CC1CN(C(C)CCCNC(C)(C)C)CC(C)O1. The van der Waals surface area contributed by atoms with Gasteiger partial charge in [0.15, 0.2) is 0 Å². The van der Waals surface area contributed by atoms with Crippen LogP contribution in [0.15, 0.2) is 0 Å². The molecule has 0 aromatic rings. The maximum Gasteiger partial charge on any atom is 0.0678 e. The highest BCUT2D eigenvalue weighted by atomic mass is 16.5. The zero-order valence-electron chi connectivity index (χ0n) is 13.1. The average molecular weight is 256 g/mol. The Hall–Kier alpha value is -0.120. The van der Waals surface area contributed by atoms with Crippen LogP contribution in [0.2, 0.25) is 0 Å². The summed E-state index contributed by atoms with van der Waals surface area (Å²) in [5, 5.41) is 3.55. The fourth-order valence-corrected chi connectivity index (χ4v) is 2.62. The van der Waals surface area contributed by atoms with Crippen molar-refractivity contribution in [2.75, 3.05) is 19.6 Å². The van der Waals surface area contributed by atoms with Crippen molar-refractivity contribution < 1.29 is 4.74 Å². The molecule has 0 amide bonds. The third kappa shape index (κ3) is 6.17. The van der Waals surface area contributed by atoms with Gasteiger partial charge in [0.05, 0.1) is 12.2 Å². The van der Waals surface area contributed by atoms with E-state index in [-0.39, 0.29) is 5.54 Å². The summed E-state index contributed by atoms with van der Waals surface area (Å²) in [7, 11) is 0. The number of nitrogens with zero attached hydrogens (tertiary/aromatic N) is 1. The molecule has 108 valence electrons. The maximum absolute atomic E-state index is 5.78. The Balaban J connectivity index is 2.21. The van der Waals surface area contributed by atoms with Crippen LogP contribution in [0.25, 0.3) is 0 Å². The Morgan fingerprint density at radius 2 is 1.78 bits per heavy atom. The summed E-state index contributed by atoms with van der Waals surface area (Å²) < 4.78 is 5.78. The highest BCUT2D eigenvalue weighted by Crippen LogP contribution is 2.16. The molecule has 1 N–H and O–H groups in total. The lowest BCUT2D eigenvalue weighted by molar-refractivity contribution is -0.0792. The van der Waals surface area contributed by atoms with Gasteiger partial charge in [0.1, 0.15) is 0 Å². The lowest BCUT2D eigenvalue weighted by Gasteiger charge is -2.39. The number of hydrogen-bond acceptors (Lipinski definition) is 3. The Morgan fingerprint density at radius 1 is 1.22 bits per heavy atom. The second-order valence-electron chi connectivity index (χ2n) is 6.88. The van der Waals surface area contributed by atoms with E-state index in [1.54, 1.807) is 0 Å². The molecule has 1 rings (SSSR count). The lowest BCUT2D eigenvalue weighted by Crippen LogP contribution is -2.49. The van der Waals surface area contributed by atoms with Crippen molar-refractivity contribution in [3.05, 3.63) is 0 Å². The molecule has 0 aromatic carbocycles. The fourth-order valence-electron chi connectivity index (χ4n) is 2.62. The van der Waals surface area contributed by atoms with Gasteiger partial charge < -0.3 is 10.1 Å². The Morgan fingerprint density at radius 3 is 2.28 bits per heavy atom. The van der Waals surface area contributed by atoms with Crippen LogP contribution < -0.4 is 5.32 Å². The minimum absolute atomic E-state index is 0.241. The second kappa shape index (κ2) is 6.88. The molecule has 0 radical (unpaired) electrons. The molecule has 0 bridgehead atoms. The van der Waals surface area contributed by atoms with Crippen LogP contribution in [-0.2, 0) is 4.74 Å². The monoisotopic (exact) mass is 256 g/mol. The van der Waals surface area contributed by atoms with Gasteiger partial charge in [0.25, 0.3) is 0 Å². The van der Waals surface area contributed by atoms with Gasteiger partial charge in [-0.2, -0.15) is 0 Å². The third-order valence-corrected chi connectivity index (χ3v) is 3.53. The van der Waals surface area contributed by atoms with E-state index in [0.29, 0.717) is 18.2 Å². The van der Waals surface area contributed by atoms with E-state index in [1.165, 1.54) is 12.8 Å². The third-order valence-electron chi connectivity index (χ3n) is 3.53. The van der Waals surface area contributed by atoms with Crippen LogP contribution in [0.3, 0.4) is 0 Å². The summed E-state index contributed by atoms with van der Waals surface area (Å²) in [5.74, 6) is 0. The minimum atomic E-state index is 0.241. The molecule has 0 aliphatic carbocycles. The number of nitrogens with one attached hydrogen (secondary N) is 1. The van der Waals surface area contributed by atoms with E-state index in [9.17, 15) is 0 Å². The van der Waals surface area contributed by atoms with Gasteiger partial charge in [-0.25, -0.2) is 0 Å². The number of ether oxygens (including phenoxy) is 1. The smallest absolute Gasteiger partial charge is 0.0678 e. The molecule has 3 nitrogen and oxygen atoms in total. The van der Waals surface area contributed by atoms with E-state index in [4.69, 9.17) is 4.74 Å². The molecule has 3 heteroatoms. The molecule has 1 heterocycles. The Kier molecular flexibility index (Phi) is 6.09. The van der Waals surface area contributed by atoms with Crippen molar-refractivity contribution in [2.45, 2.75) is 78.2 Å². The maximum atomic E-state index is 5.78. The fraction of sp³-hybridized carbons (Fsp3) is 1.00. The molecule has 3 unspecified atom stereocenters. The van der Waals surface area contributed by atoms with Crippen molar-refractivity contribution in [3.8, 4) is 0 Å². The summed E-state index contributed by atoms with van der Waals surface area (Å²) in [4.78, 5) is 2.58. The topological polar surface area (TPSA) is 24.5 Å². The van der Waals surface area contributed by atoms with Crippen LogP contribution >= 0.6 is 0 Å². The molecule has 0 spiro atoms. The van der Waals surface area contributed by atoms with Crippen molar-refractivity contribution in [3.63, 3.8) is 0 Å². The first-order valence-electron chi connectivity index (χ1n) is 7.42. The molecule has 3 atom stereocenters. The van der Waals surface area contributed by atoms with Gasteiger partial charge in [-0.15, -0.1) is 0 Å². The molecule has 0 saturated carbocycles. The van der Waals surface area contributed by atoms with E-state index in [1.807, 2.05) is 0 Å². The van der Waals surface area contributed by atoms with Gasteiger partial charge in [-0.05, 0) is 60.9 Å². The molecule has 1 aliphatic heterocycles. The largest absolute Gasteiger partial charge is 0.373 e. The quantitative estimate of drug-likeness (QED) is 0.765. The summed E-state index contributed by atoms with van der Waals surface area (Å²) in [6, 6.07) is 0.667. The van der Waals surface area contributed by atoms with Crippen molar-refractivity contribution in [1.82, 2.24) is 10.2 Å². The van der Waals surface area contributed by atoms with Crippen LogP contribution in [0, 0.1) is 0 Å². The normalized spacial score (nSPS) is 28.3. The van der Waals surface area contributed by atoms with E-state index in [2.05, 4.69) is 51.8 Å². The van der Waals surface area contributed by atoms with E-state index >= 15 is 0 Å². The molecule has 1 fully saturated rings. The zero-order valence-corrected chi connectivity index (χ0v) is 13.1. The van der Waals surface area contributed by atoms with Crippen LogP contribution in [-0.4, -0.2) is 48.3 Å². The molecule has 1 aliphatic rings. The van der Waals surface area contributed by atoms with Crippen LogP contribution in [0.4, 0.5) is 0 Å². The molecular weight excluding hydrogens is 224 g/mol. The van der Waals surface area contributed by atoms with Crippen molar-refractivity contribution in [2.24, 2.45) is 0 Å². The summed E-state index contributed by atoms with van der Waals surface area (Å²) >= 11 is 0. The highest BCUT2D eigenvalue weighted by molar-refractivity contribution is 4.78. The van der Waals surface area contributed by atoms with E-state index < -0.39 is 0 Å². The first-order valence-corrected chi connectivity index (χ1v) is 7.42. The van der Waals surface area contributed by atoms with Gasteiger partial charge in [-0.1, -0.05) is 0 Å². The molecule has 1 saturated heterocycles. The first kappa shape index (κ1) is 15.9. The Labute approximate surface area is 113 Å². The summed E-state index contributed by atoms with van der Waals surface area (Å²) in [5.41, 5.74) is 0.241. The predicted octanol–water partition coefficient (Wildman–Crippen LogP) is 2.65. The predicted molar refractivity (Wildman–Crippen MR) is 78.0 cm³/mol. The summed E-state index contributed by atoms with van der Waals surface area (Å²) in [6.07, 6.45) is 3.27. The van der Waals surface area contributed by atoms with Gasteiger partial charge in [0, 0.05) is 24.7 Å².